The van der Waals surface area contributed by atoms with Crippen LogP contribution in [0.2, 0.25) is 0 Å². The third-order valence-corrected chi connectivity index (χ3v) is 0. The molecule has 0 aromatic heterocycles. The topological polar surface area (TPSA) is 60.0 Å². The molecule has 2 N–H and O–H groups in total. The van der Waals surface area contributed by atoms with E-state index in [1.807, 2.05) is 0 Å². The first-order valence-corrected chi connectivity index (χ1v) is 0. The third-order valence-electron chi connectivity index (χ3n) is 0. The van der Waals surface area contributed by atoms with E-state index in [-0.39, 0.29) is 61.3 Å². The fourth-order valence-corrected chi connectivity index (χ4v) is 0. The van der Waals surface area contributed by atoms with E-state index in [4.69, 9.17) is 0 Å². The van der Waals surface area contributed by atoms with E-state index < -0.39 is 0 Å². The first-order valence-electron chi connectivity index (χ1n) is 0. The molecule has 0 aromatic carbocycles. The van der Waals surface area contributed by atoms with Gasteiger partial charge in [-0.1, -0.05) is 0 Å². The van der Waals surface area contributed by atoms with Crippen molar-refractivity contribution in [3.8, 4) is 0 Å². The third kappa shape index (κ3) is 31.1. The van der Waals surface area contributed by atoms with Gasteiger partial charge < -0.3 is 11.0 Å². The smallest absolute Gasteiger partial charge is 2.00 e. The summed E-state index contributed by atoms with van der Waals surface area (Å²) in [7, 11) is 0. The molecule has 0 aliphatic heterocycles. The molecule has 0 amide bonds. The summed E-state index contributed by atoms with van der Waals surface area (Å²) >= 11 is 0. The van der Waals surface area contributed by atoms with Crippen LogP contribution in [0.4, 0.5) is 0 Å². The summed E-state index contributed by atoms with van der Waals surface area (Å²) in [4.78, 5) is 0. The summed E-state index contributed by atoms with van der Waals surface area (Å²) < 4.78 is 0. The predicted molar refractivity (Wildman–Crippen MR) is 4.30 cm³/mol. The van der Waals surface area contributed by atoms with Crippen LogP contribution in [-0.2, 0) is 55.8 Å². The van der Waals surface area contributed by atoms with Gasteiger partial charge >= 0.3 is 33.8 Å². The van der Waals surface area contributed by atoms with Gasteiger partial charge in [-0.2, -0.15) is 0 Å². The van der Waals surface area contributed by atoms with E-state index in [2.05, 4.69) is 0 Å². The summed E-state index contributed by atoms with van der Waals surface area (Å²) in [6.07, 6.45) is 0. The van der Waals surface area contributed by atoms with Gasteiger partial charge in [-0.05, 0) is 0 Å². The Balaban J connectivity index is 0. The van der Waals surface area contributed by atoms with Gasteiger partial charge in [0.1, 0.15) is 0 Å². The van der Waals surface area contributed by atoms with Crippen molar-refractivity contribution in [3.05, 3.63) is 0 Å². The summed E-state index contributed by atoms with van der Waals surface area (Å²) in [6.45, 7) is 0. The van der Waals surface area contributed by atoms with Crippen molar-refractivity contribution in [1.29, 1.82) is 0 Å². The number of hydrogen-bond acceptors (Lipinski definition) is 0. The Kier molecular flexibility index (Phi) is 951. The average Bonchev–Trinajstić information content (AvgIpc) is 0. The van der Waals surface area contributed by atoms with Gasteiger partial charge in [0.25, 0.3) is 0 Å². The molecule has 38 valence electrons. The zero-order valence-corrected chi connectivity index (χ0v) is 5.14. The van der Waals surface area contributed by atoms with Crippen molar-refractivity contribution in [3.63, 3.8) is 0 Å². The van der Waals surface area contributed by atoms with E-state index in [1.54, 1.807) is 0 Å². The van der Waals surface area contributed by atoms with Gasteiger partial charge in [-0.25, -0.2) is 0 Å². The molecule has 0 fully saturated rings. The van der Waals surface area contributed by atoms with Crippen LogP contribution in [0.3, 0.4) is 0 Å². The second-order valence-electron chi connectivity index (χ2n) is 0. The Hall–Kier alpha value is 1.44. The van der Waals surface area contributed by atoms with Crippen molar-refractivity contribution >= 4 is 0 Å². The molecule has 0 rings (SSSR count). The van der Waals surface area contributed by atoms with E-state index in [0.717, 1.165) is 0 Å². The minimum Gasteiger partial charge on any atom is -2.00 e. The van der Waals surface area contributed by atoms with Gasteiger partial charge in [0.05, 0.1) is 0 Å². The monoisotopic (exact) mass is 206 g/mol. The molecule has 0 bridgehead atoms. The molecule has 0 spiro atoms. The van der Waals surface area contributed by atoms with Crippen LogP contribution in [0, 0.1) is 0 Å². The molecule has 0 unspecified atom stereocenters. The second kappa shape index (κ2) is 51.7. The van der Waals surface area contributed by atoms with Gasteiger partial charge in [0.15, 0.2) is 0 Å². The average molecular weight is 207 g/mol. The predicted octanol–water partition coefficient (Wildman–Crippen LogP) is -0.951. The molecular formula is H2CoMnNiO2+2. The molecule has 0 saturated heterocycles. The first-order chi connectivity index (χ1) is 0. The van der Waals surface area contributed by atoms with E-state index in [0.29, 0.717) is 0 Å². The molecule has 0 aliphatic carbocycles. The Labute approximate surface area is 61.3 Å². The Morgan fingerprint density at radius 1 is 1.00 bits per heavy atom. The van der Waals surface area contributed by atoms with Crippen molar-refractivity contribution < 1.29 is 61.3 Å². The molecule has 5 heteroatoms. The molecule has 0 aromatic rings. The fourth-order valence-electron chi connectivity index (χ4n) is 0. The molecule has 0 aliphatic rings. The normalized spacial score (nSPS) is 0. The minimum absolute atomic E-state index is 0. The van der Waals surface area contributed by atoms with Gasteiger partial charge in [0, 0.05) is 16.5 Å². The van der Waals surface area contributed by atoms with Crippen molar-refractivity contribution in [2.24, 2.45) is 0 Å². The number of rotatable bonds is 0. The quantitative estimate of drug-likeness (QED) is 0.459. The number of hydrogen-bond donors (Lipinski definition) is 0. The van der Waals surface area contributed by atoms with Crippen LogP contribution in [0.1, 0.15) is 0 Å². The molecule has 0 heterocycles. The maximum absolute atomic E-state index is 0. The molecule has 2 radical (unpaired) electrons. The van der Waals surface area contributed by atoms with Crippen LogP contribution < -0.4 is 0 Å². The van der Waals surface area contributed by atoms with E-state index >= 15 is 0 Å². The van der Waals surface area contributed by atoms with Crippen LogP contribution in [-0.4, -0.2) is 5.48 Å². The van der Waals surface area contributed by atoms with Gasteiger partial charge in [-0.15, -0.1) is 0 Å². The summed E-state index contributed by atoms with van der Waals surface area (Å²) in [5.41, 5.74) is 0. The SMILES string of the molecule is O.[Co+2].[Mn+2].[Ni].[O-2]. The molecule has 0 atom stereocenters. The van der Waals surface area contributed by atoms with Crippen molar-refractivity contribution in [1.82, 2.24) is 0 Å². The van der Waals surface area contributed by atoms with E-state index in [9.17, 15) is 0 Å². The Bertz CT molecular complexity index is 9.61. The summed E-state index contributed by atoms with van der Waals surface area (Å²) in [6, 6.07) is 0. The Morgan fingerprint density at radius 3 is 1.00 bits per heavy atom. The maximum Gasteiger partial charge on any atom is 2.00 e. The van der Waals surface area contributed by atoms with Gasteiger partial charge in [-0.3, -0.25) is 0 Å². The summed E-state index contributed by atoms with van der Waals surface area (Å²) in [5, 5.41) is 0. The molecule has 2 nitrogen and oxygen atoms in total. The minimum atomic E-state index is 0. The van der Waals surface area contributed by atoms with Crippen LogP contribution >= 0.6 is 0 Å². The van der Waals surface area contributed by atoms with Crippen molar-refractivity contribution in [2.45, 2.75) is 0 Å². The summed E-state index contributed by atoms with van der Waals surface area (Å²) in [5.74, 6) is 0. The standard InChI is InChI=1S/Co.Mn.Ni.H2O.O/h;;;1H2;/q2*+2;;;-2. The zero-order chi connectivity index (χ0) is 0. The fraction of sp³-hybridized carbons (Fsp3) is 0. The largest absolute Gasteiger partial charge is 2.00 e. The second-order valence-corrected chi connectivity index (χ2v) is 0. The van der Waals surface area contributed by atoms with Crippen molar-refractivity contribution in [2.75, 3.05) is 0 Å². The molecular weight excluding hydrogens is 205 g/mol. The Morgan fingerprint density at radius 2 is 1.00 bits per heavy atom. The van der Waals surface area contributed by atoms with Crippen LogP contribution in [0.5, 0.6) is 0 Å². The van der Waals surface area contributed by atoms with E-state index in [1.165, 1.54) is 0 Å². The molecule has 5 heavy (non-hydrogen) atoms. The maximum atomic E-state index is 0. The van der Waals surface area contributed by atoms with Gasteiger partial charge in [0.2, 0.25) is 0 Å². The first kappa shape index (κ1) is 92.0. The molecule has 0 saturated carbocycles. The zero-order valence-electron chi connectivity index (χ0n) is 1.94. The van der Waals surface area contributed by atoms with Crippen LogP contribution in [0.25, 0.3) is 0 Å². The van der Waals surface area contributed by atoms with Crippen LogP contribution in [0.15, 0.2) is 0 Å².